The summed E-state index contributed by atoms with van der Waals surface area (Å²) >= 11 is 6.21. The number of benzene rings is 1. The normalized spacial score (nSPS) is 21.6. The number of hydrogen-bond donors (Lipinski definition) is 0. The topological polar surface area (TPSA) is 3.24 Å². The maximum absolute atomic E-state index is 6.21. The summed E-state index contributed by atoms with van der Waals surface area (Å²) in [4.78, 5) is 2.42. The molecule has 1 aliphatic carbocycles. The first kappa shape index (κ1) is 15.9. The minimum Gasteiger partial charge on any atom is -0.306 e. The van der Waals surface area contributed by atoms with Crippen LogP contribution in [0.1, 0.15) is 37.8 Å². The second-order valence-corrected chi connectivity index (χ2v) is 7.08. The summed E-state index contributed by atoms with van der Waals surface area (Å²) in [6.45, 7) is 7.12. The Kier molecular flexibility index (Phi) is 4.53. The number of hydrogen-bond acceptors (Lipinski definition) is 1. The van der Waals surface area contributed by atoms with Gasteiger partial charge >= 0.3 is 0 Å². The fourth-order valence-electron chi connectivity index (χ4n) is 3.67. The predicted molar refractivity (Wildman–Crippen MR) is 89.8 cm³/mol. The molecule has 110 valence electrons. The molecule has 1 aromatic rings. The molecule has 0 atom stereocenters. The molecule has 3 heteroatoms. The first-order valence-electron chi connectivity index (χ1n) is 7.17. The molecule has 1 nitrogen and oxygen atoms in total. The monoisotopic (exact) mass is 311 g/mol. The van der Waals surface area contributed by atoms with Crippen molar-refractivity contribution in [2.45, 2.75) is 33.1 Å². The average molecular weight is 312 g/mol. The first-order chi connectivity index (χ1) is 8.97. The van der Waals surface area contributed by atoms with Gasteiger partial charge in [0.1, 0.15) is 0 Å². The number of fused-ring (bicyclic) bond motifs is 1. The van der Waals surface area contributed by atoms with Gasteiger partial charge in [-0.2, -0.15) is 0 Å². The smallest absolute Gasteiger partial charge is 0.0412 e. The summed E-state index contributed by atoms with van der Waals surface area (Å²) in [6, 6.07) is 6.41. The number of piperidine rings is 1. The highest BCUT2D eigenvalue weighted by atomic mass is 35.5. The molecule has 0 N–H and O–H groups in total. The summed E-state index contributed by atoms with van der Waals surface area (Å²) in [5.41, 5.74) is 6.38. The zero-order chi connectivity index (χ0) is 13.6. The van der Waals surface area contributed by atoms with Gasteiger partial charge in [0.25, 0.3) is 0 Å². The number of halogens is 2. The van der Waals surface area contributed by atoms with Crippen LogP contribution in [-0.2, 0) is 6.42 Å². The van der Waals surface area contributed by atoms with Crippen molar-refractivity contribution >= 4 is 29.6 Å². The van der Waals surface area contributed by atoms with Crippen molar-refractivity contribution in [3.8, 4) is 0 Å². The lowest BCUT2D eigenvalue weighted by atomic mass is 9.80. The van der Waals surface area contributed by atoms with Crippen molar-refractivity contribution in [3.05, 3.63) is 39.9 Å². The van der Waals surface area contributed by atoms with E-state index in [9.17, 15) is 0 Å². The van der Waals surface area contributed by atoms with Gasteiger partial charge in [-0.05, 0) is 60.6 Å². The summed E-state index contributed by atoms with van der Waals surface area (Å²) in [5.74, 6) is 0. The Morgan fingerprint density at radius 2 is 1.80 bits per heavy atom. The predicted octanol–water partition coefficient (Wildman–Crippen LogP) is 4.82. The van der Waals surface area contributed by atoms with Crippen LogP contribution < -0.4 is 0 Å². The van der Waals surface area contributed by atoms with Gasteiger partial charge in [-0.1, -0.05) is 37.1 Å². The molecule has 1 fully saturated rings. The van der Waals surface area contributed by atoms with Crippen LogP contribution in [0.5, 0.6) is 0 Å². The molecule has 0 saturated carbocycles. The van der Waals surface area contributed by atoms with E-state index in [1.165, 1.54) is 37.1 Å². The zero-order valence-corrected chi connectivity index (χ0v) is 14.1. The van der Waals surface area contributed by atoms with Gasteiger partial charge in [0.2, 0.25) is 0 Å². The van der Waals surface area contributed by atoms with Gasteiger partial charge in [-0.3, -0.25) is 0 Å². The minimum atomic E-state index is 0. The highest BCUT2D eigenvalue weighted by molar-refractivity contribution is 6.30. The van der Waals surface area contributed by atoms with E-state index in [-0.39, 0.29) is 17.8 Å². The summed E-state index contributed by atoms with van der Waals surface area (Å²) in [5, 5.41) is 0.863. The van der Waals surface area contributed by atoms with E-state index in [0.29, 0.717) is 0 Å². The Morgan fingerprint density at radius 3 is 2.45 bits per heavy atom. The van der Waals surface area contributed by atoms with E-state index in [1.54, 1.807) is 11.1 Å². The van der Waals surface area contributed by atoms with E-state index in [4.69, 9.17) is 11.6 Å². The quantitative estimate of drug-likeness (QED) is 0.663. The van der Waals surface area contributed by atoms with Crippen molar-refractivity contribution in [3.63, 3.8) is 0 Å². The van der Waals surface area contributed by atoms with Gasteiger partial charge in [0, 0.05) is 18.1 Å². The van der Waals surface area contributed by atoms with Crippen LogP contribution in [0.25, 0.3) is 5.57 Å². The van der Waals surface area contributed by atoms with Gasteiger partial charge in [-0.25, -0.2) is 0 Å². The number of nitrogens with zero attached hydrogens (tertiary/aromatic N) is 1. The van der Waals surface area contributed by atoms with E-state index in [0.717, 1.165) is 11.4 Å². The lowest BCUT2D eigenvalue weighted by Crippen LogP contribution is -2.27. The molecule has 1 aromatic carbocycles. The van der Waals surface area contributed by atoms with Crippen LogP contribution in [0.3, 0.4) is 0 Å². The molecule has 1 heterocycles. The molecular weight excluding hydrogens is 289 g/mol. The third kappa shape index (κ3) is 2.77. The number of rotatable bonds is 0. The van der Waals surface area contributed by atoms with Crippen molar-refractivity contribution in [2.24, 2.45) is 5.41 Å². The highest BCUT2D eigenvalue weighted by Crippen LogP contribution is 2.49. The SMILES string of the molecule is CN1CCC(=C2c3cc(Cl)ccc3CC2(C)C)CC1.Cl. The van der Waals surface area contributed by atoms with Gasteiger partial charge in [0.15, 0.2) is 0 Å². The molecule has 1 saturated heterocycles. The van der Waals surface area contributed by atoms with Crippen LogP contribution >= 0.6 is 24.0 Å². The van der Waals surface area contributed by atoms with Gasteiger partial charge < -0.3 is 4.90 Å². The molecule has 0 spiro atoms. The standard InChI is InChI=1S/C17H22ClN.ClH/c1-17(2)11-13-4-5-14(18)10-15(13)16(17)12-6-8-19(3)9-7-12;/h4-5,10H,6-9,11H2,1-3H3;1H. The molecule has 0 radical (unpaired) electrons. The molecule has 0 bridgehead atoms. The second-order valence-electron chi connectivity index (χ2n) is 6.64. The lowest BCUT2D eigenvalue weighted by molar-refractivity contribution is 0.311. The number of allylic oxidation sites excluding steroid dienone is 1. The Labute approximate surface area is 133 Å². The third-order valence-corrected chi connectivity index (χ3v) is 4.83. The minimum absolute atomic E-state index is 0. The van der Waals surface area contributed by atoms with E-state index < -0.39 is 0 Å². The molecule has 3 rings (SSSR count). The summed E-state index contributed by atoms with van der Waals surface area (Å²) in [6.07, 6.45) is 3.57. The summed E-state index contributed by atoms with van der Waals surface area (Å²) in [7, 11) is 2.21. The fourth-order valence-corrected chi connectivity index (χ4v) is 3.84. The Balaban J connectivity index is 0.00000147. The Hall–Kier alpha value is -0.500. The Bertz CT molecular complexity index is 536. The maximum atomic E-state index is 6.21. The Morgan fingerprint density at radius 1 is 1.15 bits per heavy atom. The van der Waals surface area contributed by atoms with Gasteiger partial charge in [-0.15, -0.1) is 12.4 Å². The third-order valence-electron chi connectivity index (χ3n) is 4.59. The lowest BCUT2D eigenvalue weighted by Gasteiger charge is -2.30. The van der Waals surface area contributed by atoms with E-state index >= 15 is 0 Å². The van der Waals surface area contributed by atoms with Crippen molar-refractivity contribution < 1.29 is 0 Å². The van der Waals surface area contributed by atoms with Crippen molar-refractivity contribution in [1.29, 1.82) is 0 Å². The van der Waals surface area contributed by atoms with Gasteiger partial charge in [0.05, 0.1) is 0 Å². The second kappa shape index (κ2) is 5.71. The first-order valence-corrected chi connectivity index (χ1v) is 7.55. The van der Waals surface area contributed by atoms with Crippen LogP contribution in [0.15, 0.2) is 23.8 Å². The fraction of sp³-hybridized carbons (Fsp3) is 0.529. The average Bonchev–Trinajstić information content (AvgIpc) is 2.60. The van der Waals surface area contributed by atoms with E-state index in [1.807, 2.05) is 6.07 Å². The molecular formula is C17H23Cl2N. The van der Waals surface area contributed by atoms with Crippen molar-refractivity contribution in [1.82, 2.24) is 4.90 Å². The summed E-state index contributed by atoms with van der Waals surface area (Å²) < 4.78 is 0. The van der Waals surface area contributed by atoms with E-state index in [2.05, 4.69) is 37.9 Å². The number of likely N-dealkylation sites (tertiary alicyclic amines) is 1. The van der Waals surface area contributed by atoms with Crippen LogP contribution in [0.4, 0.5) is 0 Å². The molecule has 20 heavy (non-hydrogen) atoms. The van der Waals surface area contributed by atoms with Crippen LogP contribution in [0.2, 0.25) is 5.02 Å². The molecule has 2 aliphatic rings. The molecule has 1 aliphatic heterocycles. The maximum Gasteiger partial charge on any atom is 0.0412 e. The molecule has 0 amide bonds. The molecule has 0 unspecified atom stereocenters. The zero-order valence-electron chi connectivity index (χ0n) is 12.5. The highest BCUT2D eigenvalue weighted by Gasteiger charge is 2.36. The van der Waals surface area contributed by atoms with Crippen LogP contribution in [0, 0.1) is 5.41 Å². The largest absolute Gasteiger partial charge is 0.306 e. The molecule has 0 aromatic heterocycles. The van der Waals surface area contributed by atoms with Crippen molar-refractivity contribution in [2.75, 3.05) is 20.1 Å². The van der Waals surface area contributed by atoms with Crippen LogP contribution in [-0.4, -0.2) is 25.0 Å².